The summed E-state index contributed by atoms with van der Waals surface area (Å²) in [5.74, 6) is 0.322. The third-order valence-electron chi connectivity index (χ3n) is 5.91. The first kappa shape index (κ1) is 19.9. The van der Waals surface area contributed by atoms with E-state index in [0.717, 1.165) is 37.1 Å². The van der Waals surface area contributed by atoms with Gasteiger partial charge in [0.05, 0.1) is 4.05 Å². The molecule has 3 unspecified atom stereocenters. The second-order valence-corrected chi connectivity index (χ2v) is 9.13. The number of ether oxygens (including phenoxy) is 1. The van der Waals surface area contributed by atoms with E-state index in [1.165, 1.54) is 5.56 Å². The van der Waals surface area contributed by atoms with Gasteiger partial charge in [-0.25, -0.2) is 4.79 Å². The number of esters is 1. The predicted octanol–water partition coefficient (Wildman–Crippen LogP) is 4.22. The van der Waals surface area contributed by atoms with Crippen LogP contribution in [0.1, 0.15) is 35.6 Å². The molecular formula is C23H27IN2O2. The van der Waals surface area contributed by atoms with Crippen molar-refractivity contribution in [3.63, 3.8) is 0 Å². The van der Waals surface area contributed by atoms with Crippen LogP contribution >= 0.6 is 22.6 Å². The molecule has 2 aromatic carbocycles. The highest BCUT2D eigenvalue weighted by Crippen LogP contribution is 2.37. The van der Waals surface area contributed by atoms with Gasteiger partial charge < -0.3 is 4.74 Å². The van der Waals surface area contributed by atoms with E-state index in [2.05, 4.69) is 64.0 Å². The molecule has 0 aromatic heterocycles. The summed E-state index contributed by atoms with van der Waals surface area (Å²) in [7, 11) is 0. The summed E-state index contributed by atoms with van der Waals surface area (Å²) in [4.78, 5) is 15.6. The predicted molar refractivity (Wildman–Crippen MR) is 119 cm³/mol. The van der Waals surface area contributed by atoms with Crippen molar-refractivity contribution < 1.29 is 9.53 Å². The molecular weight excluding hydrogens is 463 g/mol. The van der Waals surface area contributed by atoms with Crippen molar-refractivity contribution in [1.82, 2.24) is 10.2 Å². The fourth-order valence-electron chi connectivity index (χ4n) is 4.19. The van der Waals surface area contributed by atoms with Crippen LogP contribution in [0.15, 0.2) is 54.6 Å². The van der Waals surface area contributed by atoms with Crippen LogP contribution in [0.5, 0.6) is 0 Å². The molecule has 28 heavy (non-hydrogen) atoms. The molecule has 3 saturated heterocycles. The number of nitrogens with zero attached hydrogens (tertiary/aromatic N) is 1. The van der Waals surface area contributed by atoms with E-state index in [-0.39, 0.29) is 16.1 Å². The van der Waals surface area contributed by atoms with Crippen LogP contribution in [-0.2, 0) is 16.1 Å². The first-order valence-corrected chi connectivity index (χ1v) is 11.3. The topological polar surface area (TPSA) is 41.6 Å². The first-order chi connectivity index (χ1) is 13.6. The zero-order valence-corrected chi connectivity index (χ0v) is 18.3. The van der Waals surface area contributed by atoms with Gasteiger partial charge in [0.15, 0.2) is 0 Å². The Kier molecular flexibility index (Phi) is 6.33. The third kappa shape index (κ3) is 4.42. The summed E-state index contributed by atoms with van der Waals surface area (Å²) in [6.45, 7) is 4.96. The van der Waals surface area contributed by atoms with E-state index in [1.54, 1.807) is 0 Å². The van der Waals surface area contributed by atoms with Crippen LogP contribution in [0.4, 0.5) is 0 Å². The van der Waals surface area contributed by atoms with Gasteiger partial charge in [-0.1, -0.05) is 82.8 Å². The second kappa shape index (κ2) is 8.93. The largest absolute Gasteiger partial charge is 0.458 e. The number of nitrogens with one attached hydrogen (secondary N) is 1. The van der Waals surface area contributed by atoms with Crippen molar-refractivity contribution in [3.05, 3.63) is 71.3 Å². The van der Waals surface area contributed by atoms with Gasteiger partial charge in [0.1, 0.15) is 12.1 Å². The summed E-state index contributed by atoms with van der Waals surface area (Å²) in [6.07, 6.45) is 2.25. The number of aryl methyl sites for hydroxylation is 1. The number of halogens is 1. The minimum Gasteiger partial charge on any atom is -0.458 e. The van der Waals surface area contributed by atoms with Crippen molar-refractivity contribution in [2.75, 3.05) is 13.1 Å². The Balaban J connectivity index is 1.48. The van der Waals surface area contributed by atoms with Crippen LogP contribution in [-0.4, -0.2) is 34.1 Å². The molecule has 5 rings (SSSR count). The van der Waals surface area contributed by atoms with Gasteiger partial charge in [0, 0.05) is 12.5 Å². The van der Waals surface area contributed by atoms with Crippen molar-refractivity contribution >= 4 is 28.6 Å². The molecule has 0 amide bonds. The molecule has 3 atom stereocenters. The molecule has 3 heterocycles. The molecule has 0 aliphatic carbocycles. The number of hydrogen-bond donors (Lipinski definition) is 1. The summed E-state index contributed by atoms with van der Waals surface area (Å²) >= 11 is 2.44. The summed E-state index contributed by atoms with van der Waals surface area (Å²) in [5, 5.41) is 3.43. The molecule has 5 heteroatoms. The fourth-order valence-corrected chi connectivity index (χ4v) is 5.48. The Morgan fingerprint density at radius 3 is 2.46 bits per heavy atom. The van der Waals surface area contributed by atoms with Gasteiger partial charge in [-0.05, 0) is 44.0 Å². The van der Waals surface area contributed by atoms with Crippen LogP contribution in [0.3, 0.4) is 0 Å². The van der Waals surface area contributed by atoms with E-state index in [1.807, 2.05) is 30.3 Å². The highest BCUT2D eigenvalue weighted by molar-refractivity contribution is 14.1. The van der Waals surface area contributed by atoms with Gasteiger partial charge in [0.2, 0.25) is 0 Å². The van der Waals surface area contributed by atoms with Gasteiger partial charge in [-0.3, -0.25) is 10.2 Å². The van der Waals surface area contributed by atoms with Crippen LogP contribution < -0.4 is 5.32 Å². The Bertz CT molecular complexity index is 786. The van der Waals surface area contributed by atoms with Crippen LogP contribution in [0.2, 0.25) is 0 Å². The Morgan fingerprint density at radius 2 is 1.82 bits per heavy atom. The number of alkyl halides is 1. The number of hydrogen-bond acceptors (Lipinski definition) is 4. The lowest BCUT2D eigenvalue weighted by Gasteiger charge is -2.48. The fraction of sp³-hybridized carbons (Fsp3) is 0.435. The lowest BCUT2D eigenvalue weighted by Crippen LogP contribution is -2.56. The molecule has 148 valence electrons. The molecule has 1 N–H and O–H groups in total. The zero-order chi connectivity index (χ0) is 19.5. The maximum Gasteiger partial charge on any atom is 0.328 e. The Hall–Kier alpha value is -1.44. The van der Waals surface area contributed by atoms with Crippen LogP contribution in [0, 0.1) is 12.8 Å². The van der Waals surface area contributed by atoms with Gasteiger partial charge in [-0.15, -0.1) is 0 Å². The highest BCUT2D eigenvalue weighted by Gasteiger charge is 2.44. The average molecular weight is 490 g/mol. The highest BCUT2D eigenvalue weighted by atomic mass is 127. The maximum atomic E-state index is 13.2. The number of carbonyl (C=O) groups is 1. The quantitative estimate of drug-likeness (QED) is 0.285. The SMILES string of the molecule is Cc1ccc(CNC(C(=O)OC2C3CCN(CC3)C2I)c2ccccc2)cc1. The van der Waals surface area contributed by atoms with E-state index in [0.29, 0.717) is 12.5 Å². The molecule has 3 aliphatic heterocycles. The molecule has 4 nitrogen and oxygen atoms in total. The number of fused-ring (bicyclic) bond motifs is 3. The van der Waals surface area contributed by atoms with Crippen LogP contribution in [0.25, 0.3) is 0 Å². The number of rotatable bonds is 6. The van der Waals surface area contributed by atoms with E-state index >= 15 is 0 Å². The van der Waals surface area contributed by atoms with Crippen molar-refractivity contribution in [2.24, 2.45) is 5.92 Å². The maximum absolute atomic E-state index is 13.2. The molecule has 0 saturated carbocycles. The average Bonchev–Trinajstić information content (AvgIpc) is 2.73. The summed E-state index contributed by atoms with van der Waals surface area (Å²) in [6, 6.07) is 17.8. The van der Waals surface area contributed by atoms with Gasteiger partial charge >= 0.3 is 5.97 Å². The molecule has 3 fully saturated rings. The third-order valence-corrected chi connectivity index (χ3v) is 7.41. The van der Waals surface area contributed by atoms with Crippen molar-refractivity contribution in [3.8, 4) is 0 Å². The molecule has 3 aliphatic rings. The van der Waals surface area contributed by atoms with Gasteiger partial charge in [-0.2, -0.15) is 0 Å². The van der Waals surface area contributed by atoms with E-state index in [4.69, 9.17) is 4.74 Å². The Morgan fingerprint density at radius 1 is 1.14 bits per heavy atom. The lowest BCUT2D eigenvalue weighted by molar-refractivity contribution is -0.162. The lowest BCUT2D eigenvalue weighted by atomic mass is 9.86. The zero-order valence-electron chi connectivity index (χ0n) is 16.2. The van der Waals surface area contributed by atoms with E-state index in [9.17, 15) is 4.79 Å². The number of piperidine rings is 3. The monoisotopic (exact) mass is 490 g/mol. The van der Waals surface area contributed by atoms with Crippen molar-refractivity contribution in [1.29, 1.82) is 0 Å². The Labute approximate surface area is 180 Å². The molecule has 0 spiro atoms. The normalized spacial score (nSPS) is 27.4. The smallest absolute Gasteiger partial charge is 0.328 e. The number of carbonyl (C=O) groups excluding carboxylic acids is 1. The number of benzene rings is 2. The van der Waals surface area contributed by atoms with Crippen molar-refractivity contribution in [2.45, 2.75) is 42.5 Å². The summed E-state index contributed by atoms with van der Waals surface area (Å²) in [5.41, 5.74) is 3.35. The minimum atomic E-state index is -0.457. The molecule has 2 bridgehead atoms. The molecule has 2 aromatic rings. The van der Waals surface area contributed by atoms with Gasteiger partial charge in [0.25, 0.3) is 0 Å². The molecule has 0 radical (unpaired) electrons. The first-order valence-electron chi connectivity index (χ1n) is 10.0. The minimum absolute atomic E-state index is 0.0111. The summed E-state index contributed by atoms with van der Waals surface area (Å²) < 4.78 is 6.39. The standard InChI is InChI=1S/C23H27IN2O2/c1-16-7-9-17(10-8-16)15-25-20(18-5-3-2-4-6-18)23(27)28-21-19-11-13-26(14-12-19)22(21)24/h2-10,19-22,25H,11-15H2,1H3. The second-order valence-electron chi connectivity index (χ2n) is 7.86. The van der Waals surface area contributed by atoms with E-state index < -0.39 is 6.04 Å².